The van der Waals surface area contributed by atoms with Crippen LogP contribution in [0, 0.1) is 0 Å². The molecule has 29 heavy (non-hydrogen) atoms. The molecule has 0 bridgehead atoms. The van der Waals surface area contributed by atoms with Crippen LogP contribution in [0.15, 0.2) is 65.1 Å². The maximum Gasteiger partial charge on any atom is 0.269 e. The molecule has 0 heterocycles. The van der Waals surface area contributed by atoms with Gasteiger partial charge in [-0.05, 0) is 50.5 Å². The third-order valence-electron chi connectivity index (χ3n) is 4.29. The molecule has 0 radical (unpaired) electrons. The van der Waals surface area contributed by atoms with Crippen LogP contribution in [0.3, 0.4) is 0 Å². The predicted octanol–water partition coefficient (Wildman–Crippen LogP) is 3.63. The Morgan fingerprint density at radius 2 is 1.76 bits per heavy atom. The second-order valence-corrected chi connectivity index (χ2v) is 7.16. The zero-order valence-corrected chi connectivity index (χ0v) is 17.5. The van der Waals surface area contributed by atoms with Gasteiger partial charge in [0.1, 0.15) is 12.4 Å². The van der Waals surface area contributed by atoms with Crippen molar-refractivity contribution in [2.24, 2.45) is 0 Å². The Morgan fingerprint density at radius 3 is 2.55 bits per heavy atom. The summed E-state index contributed by atoms with van der Waals surface area (Å²) in [5.74, 6) is -0.104. The zero-order valence-electron chi connectivity index (χ0n) is 15.9. The molecule has 7 heteroatoms. The summed E-state index contributed by atoms with van der Waals surface area (Å²) in [4.78, 5) is 24.6. The Morgan fingerprint density at radius 1 is 0.966 bits per heavy atom. The van der Waals surface area contributed by atoms with Gasteiger partial charge in [-0.15, -0.1) is 0 Å². The van der Waals surface area contributed by atoms with Gasteiger partial charge in [0.2, 0.25) is 5.91 Å². The first-order valence-corrected chi connectivity index (χ1v) is 9.85. The third kappa shape index (κ3) is 5.56. The average Bonchev–Trinajstić information content (AvgIpc) is 2.73. The first-order valence-electron chi connectivity index (χ1n) is 9.05. The molecule has 0 saturated carbocycles. The molecule has 3 aromatic rings. The smallest absolute Gasteiger partial charge is 0.269 e. The number of hydrogen-bond acceptors (Lipinski definition) is 4. The van der Waals surface area contributed by atoms with Gasteiger partial charge < -0.3 is 9.47 Å². The minimum Gasteiger partial charge on any atom is -0.490 e. The highest BCUT2D eigenvalue weighted by Crippen LogP contribution is 2.26. The number of amides is 2. The van der Waals surface area contributed by atoms with Crippen LogP contribution in [0.2, 0.25) is 0 Å². The highest BCUT2D eigenvalue weighted by molar-refractivity contribution is 9.10. The first kappa shape index (κ1) is 20.8. The number of benzene rings is 3. The van der Waals surface area contributed by atoms with E-state index in [9.17, 15) is 9.59 Å². The van der Waals surface area contributed by atoms with Crippen molar-refractivity contribution in [3.8, 4) is 5.75 Å². The van der Waals surface area contributed by atoms with Crippen molar-refractivity contribution in [2.45, 2.75) is 6.42 Å². The highest BCUT2D eigenvalue weighted by Gasteiger charge is 2.12. The molecule has 0 aromatic heterocycles. The molecule has 0 spiro atoms. The van der Waals surface area contributed by atoms with Crippen LogP contribution in [0.1, 0.15) is 15.9 Å². The van der Waals surface area contributed by atoms with E-state index in [0.717, 1.165) is 16.3 Å². The van der Waals surface area contributed by atoms with E-state index < -0.39 is 5.91 Å². The van der Waals surface area contributed by atoms with Gasteiger partial charge in [0.25, 0.3) is 5.91 Å². The minimum absolute atomic E-state index is 0.164. The van der Waals surface area contributed by atoms with Crippen molar-refractivity contribution < 1.29 is 19.1 Å². The van der Waals surface area contributed by atoms with Crippen LogP contribution >= 0.6 is 15.9 Å². The van der Waals surface area contributed by atoms with E-state index in [1.54, 1.807) is 25.3 Å². The lowest BCUT2D eigenvalue weighted by Crippen LogP contribution is -2.42. The quantitative estimate of drug-likeness (QED) is 0.420. The van der Waals surface area contributed by atoms with Crippen LogP contribution in [-0.2, 0) is 16.0 Å². The lowest BCUT2D eigenvalue weighted by Gasteiger charge is -2.11. The Hall–Kier alpha value is -2.90. The molecule has 0 unspecified atom stereocenters. The first-order chi connectivity index (χ1) is 14.1. The van der Waals surface area contributed by atoms with Crippen LogP contribution in [0.5, 0.6) is 5.75 Å². The van der Waals surface area contributed by atoms with Crippen LogP contribution in [0.4, 0.5) is 0 Å². The summed E-state index contributed by atoms with van der Waals surface area (Å²) >= 11 is 3.38. The maximum absolute atomic E-state index is 12.3. The Kier molecular flexibility index (Phi) is 7.21. The summed E-state index contributed by atoms with van der Waals surface area (Å²) in [6.45, 7) is 0.877. The number of hydrogen-bond donors (Lipinski definition) is 2. The van der Waals surface area contributed by atoms with Crippen molar-refractivity contribution in [1.82, 2.24) is 10.9 Å². The van der Waals surface area contributed by atoms with E-state index in [4.69, 9.17) is 9.47 Å². The summed E-state index contributed by atoms with van der Waals surface area (Å²) in [6, 6.07) is 18.6. The standard InChI is InChI=1S/C22H21BrN2O4/c1-28-11-12-29-20-10-9-17(13-19(20)23)22(27)25-24-21(26)14-16-7-4-6-15-5-2-3-8-18(15)16/h2-10,13H,11-12,14H2,1H3,(H,24,26)(H,25,27). The summed E-state index contributed by atoms with van der Waals surface area (Å²) in [7, 11) is 1.60. The van der Waals surface area contributed by atoms with Gasteiger partial charge in [0, 0.05) is 12.7 Å². The summed E-state index contributed by atoms with van der Waals surface area (Å²) in [6.07, 6.45) is 0.164. The van der Waals surface area contributed by atoms with E-state index in [1.807, 2.05) is 42.5 Å². The monoisotopic (exact) mass is 456 g/mol. The molecule has 2 amide bonds. The number of fused-ring (bicyclic) bond motifs is 1. The maximum atomic E-state index is 12.3. The fourth-order valence-corrected chi connectivity index (χ4v) is 3.35. The lowest BCUT2D eigenvalue weighted by atomic mass is 10.0. The normalized spacial score (nSPS) is 10.6. The van der Waals surface area contributed by atoms with Crippen LogP contribution in [-0.4, -0.2) is 32.1 Å². The van der Waals surface area contributed by atoms with Gasteiger partial charge in [-0.2, -0.15) is 0 Å². The van der Waals surface area contributed by atoms with E-state index in [2.05, 4.69) is 26.8 Å². The molecule has 3 aromatic carbocycles. The van der Waals surface area contributed by atoms with Crippen LogP contribution < -0.4 is 15.6 Å². The number of halogens is 1. The van der Waals surface area contributed by atoms with Crippen LogP contribution in [0.25, 0.3) is 10.8 Å². The molecule has 0 saturated heterocycles. The van der Waals surface area contributed by atoms with Gasteiger partial charge in [-0.3, -0.25) is 20.4 Å². The fraction of sp³-hybridized carbons (Fsp3) is 0.182. The number of carbonyl (C=O) groups is 2. The molecule has 2 N–H and O–H groups in total. The number of rotatable bonds is 7. The molecule has 150 valence electrons. The van der Waals surface area contributed by atoms with Gasteiger partial charge in [-0.25, -0.2) is 0 Å². The van der Waals surface area contributed by atoms with Crippen molar-refractivity contribution in [3.05, 3.63) is 76.3 Å². The summed E-state index contributed by atoms with van der Waals surface area (Å²) in [5.41, 5.74) is 6.20. The molecule has 0 aliphatic heterocycles. The molecule has 0 aliphatic carbocycles. The lowest BCUT2D eigenvalue weighted by molar-refractivity contribution is -0.121. The van der Waals surface area contributed by atoms with E-state index in [1.165, 1.54) is 0 Å². The Bertz CT molecular complexity index is 1020. The molecule has 0 atom stereocenters. The minimum atomic E-state index is -0.416. The molecular formula is C22H21BrN2O4. The number of hydrazine groups is 1. The second kappa shape index (κ2) is 10.0. The highest BCUT2D eigenvalue weighted by atomic mass is 79.9. The Labute approximate surface area is 177 Å². The third-order valence-corrected chi connectivity index (χ3v) is 4.91. The topological polar surface area (TPSA) is 76.7 Å². The fourth-order valence-electron chi connectivity index (χ4n) is 2.86. The largest absolute Gasteiger partial charge is 0.490 e. The van der Waals surface area contributed by atoms with Gasteiger partial charge in [0.15, 0.2) is 0 Å². The van der Waals surface area contributed by atoms with Crippen molar-refractivity contribution in [1.29, 1.82) is 0 Å². The predicted molar refractivity (Wildman–Crippen MR) is 115 cm³/mol. The van der Waals surface area contributed by atoms with E-state index >= 15 is 0 Å². The number of methoxy groups -OCH3 is 1. The average molecular weight is 457 g/mol. The number of nitrogens with one attached hydrogen (secondary N) is 2. The molecule has 0 fully saturated rings. The van der Waals surface area contributed by atoms with E-state index in [0.29, 0.717) is 29.0 Å². The molecular weight excluding hydrogens is 436 g/mol. The SMILES string of the molecule is COCCOc1ccc(C(=O)NNC(=O)Cc2cccc3ccccc23)cc1Br. The van der Waals surface area contributed by atoms with Crippen molar-refractivity contribution >= 4 is 38.5 Å². The zero-order chi connectivity index (χ0) is 20.6. The summed E-state index contributed by atoms with van der Waals surface area (Å²) in [5, 5.41) is 2.09. The van der Waals surface area contributed by atoms with Crippen molar-refractivity contribution in [3.63, 3.8) is 0 Å². The summed E-state index contributed by atoms with van der Waals surface area (Å²) < 4.78 is 11.1. The number of carbonyl (C=O) groups excluding carboxylic acids is 2. The second-order valence-electron chi connectivity index (χ2n) is 6.30. The van der Waals surface area contributed by atoms with Gasteiger partial charge >= 0.3 is 0 Å². The molecule has 0 aliphatic rings. The van der Waals surface area contributed by atoms with Crippen molar-refractivity contribution in [2.75, 3.05) is 20.3 Å². The molecule has 3 rings (SSSR count). The Balaban J connectivity index is 1.57. The molecule has 6 nitrogen and oxygen atoms in total. The number of ether oxygens (including phenoxy) is 2. The van der Waals surface area contributed by atoms with Gasteiger partial charge in [-0.1, -0.05) is 42.5 Å². The van der Waals surface area contributed by atoms with Gasteiger partial charge in [0.05, 0.1) is 17.5 Å². The van der Waals surface area contributed by atoms with E-state index in [-0.39, 0.29) is 12.3 Å².